The van der Waals surface area contributed by atoms with Gasteiger partial charge in [0.05, 0.1) is 23.8 Å². The number of hydrogen-bond donors (Lipinski definition) is 1. The lowest BCUT2D eigenvalue weighted by Crippen LogP contribution is -2.16. The van der Waals surface area contributed by atoms with Crippen LogP contribution in [0.5, 0.6) is 5.75 Å². The molecular formula is C15H20N2O2S. The molecule has 0 saturated carbocycles. The third-order valence-corrected chi connectivity index (χ3v) is 4.57. The van der Waals surface area contributed by atoms with Crippen LogP contribution in [-0.2, 0) is 6.54 Å². The van der Waals surface area contributed by atoms with Crippen molar-refractivity contribution in [2.45, 2.75) is 26.5 Å². The molecule has 2 rings (SSSR count). The number of anilines is 1. The van der Waals surface area contributed by atoms with Gasteiger partial charge in [0, 0.05) is 19.2 Å². The lowest BCUT2D eigenvalue weighted by molar-refractivity contribution is 0.202. The lowest BCUT2D eigenvalue weighted by Gasteiger charge is -2.17. The SMILES string of the molecule is COc1ccccc1CN(C)c1nc(C)c(C(C)O)s1. The molecule has 5 heteroatoms. The van der Waals surface area contributed by atoms with E-state index in [4.69, 9.17) is 4.74 Å². The molecule has 0 bridgehead atoms. The fourth-order valence-electron chi connectivity index (χ4n) is 2.10. The molecule has 0 amide bonds. The summed E-state index contributed by atoms with van der Waals surface area (Å²) >= 11 is 1.53. The molecule has 1 N–H and O–H groups in total. The van der Waals surface area contributed by atoms with Crippen molar-refractivity contribution in [3.63, 3.8) is 0 Å². The molecule has 0 radical (unpaired) electrons. The summed E-state index contributed by atoms with van der Waals surface area (Å²) in [6.45, 7) is 4.42. The largest absolute Gasteiger partial charge is 0.496 e. The Bertz CT molecular complexity index is 581. The summed E-state index contributed by atoms with van der Waals surface area (Å²) in [4.78, 5) is 7.52. The molecule has 0 fully saturated rings. The molecule has 4 nitrogen and oxygen atoms in total. The molecule has 108 valence electrons. The standard InChI is InChI=1S/C15H20N2O2S/c1-10-14(11(2)18)20-15(16-10)17(3)9-12-7-5-6-8-13(12)19-4/h5-8,11,18H,9H2,1-4H3. The number of aliphatic hydroxyl groups excluding tert-OH is 1. The summed E-state index contributed by atoms with van der Waals surface area (Å²) in [7, 11) is 3.68. The van der Waals surface area contributed by atoms with E-state index in [1.165, 1.54) is 11.3 Å². The van der Waals surface area contributed by atoms with Crippen molar-refractivity contribution in [1.82, 2.24) is 4.98 Å². The zero-order chi connectivity index (χ0) is 14.7. The van der Waals surface area contributed by atoms with E-state index in [-0.39, 0.29) is 0 Å². The Labute approximate surface area is 123 Å². The number of benzene rings is 1. The molecule has 0 aliphatic heterocycles. The molecule has 0 aliphatic rings. The van der Waals surface area contributed by atoms with Crippen LogP contribution in [0, 0.1) is 6.92 Å². The maximum atomic E-state index is 9.70. The molecule has 2 aromatic rings. The Hall–Kier alpha value is -1.59. The van der Waals surface area contributed by atoms with Gasteiger partial charge in [-0.2, -0.15) is 0 Å². The molecule has 1 atom stereocenters. The van der Waals surface area contributed by atoms with Gasteiger partial charge in [-0.3, -0.25) is 0 Å². The van der Waals surface area contributed by atoms with Crippen molar-refractivity contribution < 1.29 is 9.84 Å². The van der Waals surface area contributed by atoms with Crippen LogP contribution in [0.4, 0.5) is 5.13 Å². The van der Waals surface area contributed by atoms with Gasteiger partial charge in [0.2, 0.25) is 0 Å². The summed E-state index contributed by atoms with van der Waals surface area (Å²) in [6.07, 6.45) is -0.471. The quantitative estimate of drug-likeness (QED) is 0.919. The highest BCUT2D eigenvalue weighted by molar-refractivity contribution is 7.15. The van der Waals surface area contributed by atoms with E-state index in [0.29, 0.717) is 0 Å². The monoisotopic (exact) mass is 292 g/mol. The fraction of sp³-hybridized carbons (Fsp3) is 0.400. The van der Waals surface area contributed by atoms with Gasteiger partial charge >= 0.3 is 0 Å². The zero-order valence-electron chi connectivity index (χ0n) is 12.3. The predicted octanol–water partition coefficient (Wildman–Crippen LogP) is 3.15. The third kappa shape index (κ3) is 3.11. The van der Waals surface area contributed by atoms with Crippen LogP contribution >= 0.6 is 11.3 Å². The molecule has 1 aromatic carbocycles. The van der Waals surface area contributed by atoms with Gasteiger partial charge in [-0.15, -0.1) is 0 Å². The predicted molar refractivity (Wildman–Crippen MR) is 82.6 cm³/mol. The average molecular weight is 292 g/mol. The minimum atomic E-state index is -0.471. The number of thiazole rings is 1. The van der Waals surface area contributed by atoms with Crippen molar-refractivity contribution in [1.29, 1.82) is 0 Å². The highest BCUT2D eigenvalue weighted by Crippen LogP contribution is 2.31. The summed E-state index contributed by atoms with van der Waals surface area (Å²) in [6, 6.07) is 7.96. The van der Waals surface area contributed by atoms with E-state index in [1.807, 2.05) is 38.2 Å². The average Bonchev–Trinajstić information content (AvgIpc) is 2.81. The van der Waals surface area contributed by atoms with Crippen LogP contribution in [0.25, 0.3) is 0 Å². The summed E-state index contributed by atoms with van der Waals surface area (Å²) in [5.74, 6) is 0.878. The molecule has 0 spiro atoms. The van der Waals surface area contributed by atoms with E-state index >= 15 is 0 Å². The van der Waals surface area contributed by atoms with E-state index in [9.17, 15) is 5.11 Å². The van der Waals surface area contributed by atoms with E-state index in [2.05, 4.69) is 9.88 Å². The first-order chi connectivity index (χ1) is 9.52. The van der Waals surface area contributed by atoms with Gasteiger partial charge in [-0.1, -0.05) is 29.5 Å². The number of rotatable bonds is 5. The van der Waals surface area contributed by atoms with E-state index in [1.54, 1.807) is 14.0 Å². The van der Waals surface area contributed by atoms with Crippen LogP contribution in [-0.4, -0.2) is 24.2 Å². The number of hydrogen-bond acceptors (Lipinski definition) is 5. The molecule has 0 saturated heterocycles. The zero-order valence-corrected chi connectivity index (χ0v) is 13.1. The van der Waals surface area contributed by atoms with Gasteiger partial charge in [-0.25, -0.2) is 4.98 Å². The maximum absolute atomic E-state index is 9.70. The van der Waals surface area contributed by atoms with Crippen molar-refractivity contribution in [2.24, 2.45) is 0 Å². The van der Waals surface area contributed by atoms with Gasteiger partial charge in [0.25, 0.3) is 0 Å². The Balaban J connectivity index is 2.19. The lowest BCUT2D eigenvalue weighted by atomic mass is 10.2. The van der Waals surface area contributed by atoms with E-state index < -0.39 is 6.10 Å². The van der Waals surface area contributed by atoms with Crippen LogP contribution in [0.2, 0.25) is 0 Å². The number of aryl methyl sites for hydroxylation is 1. The number of nitrogens with zero attached hydrogens (tertiary/aromatic N) is 2. The Morgan fingerprint density at radius 1 is 1.40 bits per heavy atom. The topological polar surface area (TPSA) is 45.6 Å². The minimum absolute atomic E-state index is 0.471. The van der Waals surface area contributed by atoms with Crippen LogP contribution < -0.4 is 9.64 Å². The summed E-state index contributed by atoms with van der Waals surface area (Å²) < 4.78 is 5.37. The summed E-state index contributed by atoms with van der Waals surface area (Å²) in [5.41, 5.74) is 2.01. The number of methoxy groups -OCH3 is 1. The Morgan fingerprint density at radius 3 is 2.70 bits per heavy atom. The first kappa shape index (κ1) is 14.8. The molecular weight excluding hydrogens is 272 g/mol. The second kappa shape index (κ2) is 6.24. The smallest absolute Gasteiger partial charge is 0.185 e. The van der Waals surface area contributed by atoms with Gasteiger partial charge in [0.15, 0.2) is 5.13 Å². The van der Waals surface area contributed by atoms with Gasteiger partial charge in [-0.05, 0) is 19.9 Å². The van der Waals surface area contributed by atoms with Crippen LogP contribution in [0.3, 0.4) is 0 Å². The molecule has 1 aromatic heterocycles. The molecule has 1 heterocycles. The van der Waals surface area contributed by atoms with Gasteiger partial charge < -0.3 is 14.7 Å². The van der Waals surface area contributed by atoms with Crippen LogP contribution in [0.1, 0.15) is 29.2 Å². The van der Waals surface area contributed by atoms with E-state index in [0.717, 1.165) is 33.6 Å². The highest BCUT2D eigenvalue weighted by Gasteiger charge is 2.15. The molecule has 0 aliphatic carbocycles. The minimum Gasteiger partial charge on any atom is -0.496 e. The number of aliphatic hydroxyl groups is 1. The maximum Gasteiger partial charge on any atom is 0.185 e. The Morgan fingerprint density at radius 2 is 2.10 bits per heavy atom. The number of para-hydroxylation sites is 1. The van der Waals surface area contributed by atoms with Crippen molar-refractivity contribution in [3.8, 4) is 5.75 Å². The first-order valence-corrected chi connectivity index (χ1v) is 7.33. The fourth-order valence-corrected chi connectivity index (χ4v) is 3.06. The van der Waals surface area contributed by atoms with Crippen molar-refractivity contribution in [3.05, 3.63) is 40.4 Å². The van der Waals surface area contributed by atoms with Crippen molar-refractivity contribution in [2.75, 3.05) is 19.1 Å². The molecule has 20 heavy (non-hydrogen) atoms. The van der Waals surface area contributed by atoms with Crippen LogP contribution in [0.15, 0.2) is 24.3 Å². The number of aromatic nitrogens is 1. The second-order valence-corrected chi connectivity index (χ2v) is 5.80. The van der Waals surface area contributed by atoms with Crippen molar-refractivity contribution >= 4 is 16.5 Å². The summed E-state index contributed by atoms with van der Waals surface area (Å²) in [5, 5.41) is 10.6. The third-order valence-electron chi connectivity index (χ3n) is 3.13. The highest BCUT2D eigenvalue weighted by atomic mass is 32.1. The Kier molecular flexibility index (Phi) is 4.62. The van der Waals surface area contributed by atoms with Gasteiger partial charge in [0.1, 0.15) is 5.75 Å². The normalized spacial score (nSPS) is 12.2. The molecule has 1 unspecified atom stereocenters. The second-order valence-electron chi connectivity index (χ2n) is 4.79. The first-order valence-electron chi connectivity index (χ1n) is 6.51. The number of ether oxygens (including phenoxy) is 1.